The van der Waals surface area contributed by atoms with Gasteiger partial charge in [-0.15, -0.1) is 22.7 Å². The number of carbonyl (C=O) groups is 2. The van der Waals surface area contributed by atoms with Crippen LogP contribution in [0.5, 0.6) is 0 Å². The number of benzene rings is 1. The molecule has 0 radical (unpaired) electrons. The molecule has 4 heterocycles. The third-order valence-corrected chi connectivity index (χ3v) is 10.7. The van der Waals surface area contributed by atoms with E-state index < -0.39 is 0 Å². The molecule has 0 fully saturated rings. The normalized spacial score (nSPS) is 18.6. The molecule has 0 unspecified atom stereocenters. The summed E-state index contributed by atoms with van der Waals surface area (Å²) in [5.74, 6) is 0.942. The van der Waals surface area contributed by atoms with E-state index in [9.17, 15) is 9.59 Å². The molecule has 7 rings (SSSR count). The van der Waals surface area contributed by atoms with Crippen LogP contribution < -0.4 is 11.5 Å². The summed E-state index contributed by atoms with van der Waals surface area (Å²) in [7, 11) is 0. The molecule has 2 aliphatic rings. The summed E-state index contributed by atoms with van der Waals surface area (Å²) in [6.07, 6.45) is 6.18. The van der Waals surface area contributed by atoms with Gasteiger partial charge in [0.2, 0.25) is 11.6 Å². The second-order valence-electron chi connectivity index (χ2n) is 11.5. The number of anilines is 2. The van der Waals surface area contributed by atoms with E-state index in [4.69, 9.17) is 21.4 Å². The van der Waals surface area contributed by atoms with Crippen molar-refractivity contribution in [2.24, 2.45) is 11.8 Å². The van der Waals surface area contributed by atoms with E-state index in [1.807, 2.05) is 0 Å². The van der Waals surface area contributed by atoms with Gasteiger partial charge in [0.15, 0.2) is 0 Å². The van der Waals surface area contributed by atoms with Crippen molar-refractivity contribution in [1.29, 1.82) is 0 Å². The van der Waals surface area contributed by atoms with Gasteiger partial charge in [-0.25, -0.2) is 9.97 Å². The molecule has 202 valence electrons. The Bertz CT molecular complexity index is 1720. The van der Waals surface area contributed by atoms with Crippen molar-refractivity contribution in [3.05, 3.63) is 79.8 Å². The molecule has 0 saturated carbocycles. The van der Waals surface area contributed by atoms with Gasteiger partial charge in [-0.3, -0.25) is 9.59 Å². The maximum Gasteiger partial charge on any atom is 0.205 e. The van der Waals surface area contributed by atoms with Crippen LogP contribution in [0.3, 0.4) is 0 Å². The van der Waals surface area contributed by atoms with Gasteiger partial charge in [-0.05, 0) is 73.6 Å². The number of hydrogen-bond donors (Lipinski definition) is 2. The van der Waals surface area contributed by atoms with Gasteiger partial charge in [-0.2, -0.15) is 0 Å². The highest BCUT2D eigenvalue weighted by molar-refractivity contribution is 7.21. The number of aromatic nitrogens is 2. The lowest BCUT2D eigenvalue weighted by Gasteiger charge is -2.20. The zero-order valence-electron chi connectivity index (χ0n) is 22.5. The van der Waals surface area contributed by atoms with Gasteiger partial charge in [0.25, 0.3) is 0 Å². The maximum atomic E-state index is 13.5. The molecule has 4 aromatic heterocycles. The van der Waals surface area contributed by atoms with Crippen LogP contribution >= 0.6 is 22.7 Å². The Morgan fingerprint density at radius 2 is 1.12 bits per heavy atom. The number of nitrogens with zero attached hydrogens (tertiary/aromatic N) is 2. The molecule has 5 aromatic rings. The SMILES string of the molecule is C[C@@H]1CCc2nc3sc(C(=O)c4ccc(C(=O)c5sc6nc7c(cc6c5N)C[C@@H](C)CC7)cc4)c(N)c3cc2C1. The van der Waals surface area contributed by atoms with Gasteiger partial charge in [-0.1, -0.05) is 38.1 Å². The first-order chi connectivity index (χ1) is 19.3. The molecule has 0 saturated heterocycles. The smallest absolute Gasteiger partial charge is 0.205 e. The van der Waals surface area contributed by atoms with Crippen LogP contribution in [-0.4, -0.2) is 21.5 Å². The van der Waals surface area contributed by atoms with Gasteiger partial charge >= 0.3 is 0 Å². The Morgan fingerprint density at radius 3 is 1.52 bits per heavy atom. The average molecular weight is 567 g/mol. The van der Waals surface area contributed by atoms with Crippen molar-refractivity contribution in [1.82, 2.24) is 9.97 Å². The molecule has 2 aliphatic carbocycles. The number of nitrogens with two attached hydrogens (primary N) is 2. The fraction of sp³-hybridized carbons (Fsp3) is 0.312. The quantitative estimate of drug-likeness (QED) is 0.232. The standard InChI is InChI=1S/C32H30N4O2S2/c1-15-3-9-23-19(11-15)13-21-25(33)29(39-31(21)35-23)27(37)17-5-7-18(8-6-17)28(38)30-26(34)22-14-20-12-16(2)4-10-24(20)36-32(22)40-30/h5-8,13-16H,3-4,9-12,33-34H2,1-2H3/t15-,16+. The summed E-state index contributed by atoms with van der Waals surface area (Å²) in [6.45, 7) is 4.51. The first kappa shape index (κ1) is 25.4. The van der Waals surface area contributed by atoms with Crippen LogP contribution in [0.4, 0.5) is 11.4 Å². The summed E-state index contributed by atoms with van der Waals surface area (Å²) >= 11 is 2.70. The van der Waals surface area contributed by atoms with Crippen molar-refractivity contribution >= 4 is 66.0 Å². The molecule has 0 amide bonds. The summed E-state index contributed by atoms with van der Waals surface area (Å²) in [6, 6.07) is 11.0. The van der Waals surface area contributed by atoms with Crippen LogP contribution in [0.1, 0.15) is 79.7 Å². The van der Waals surface area contributed by atoms with Crippen molar-refractivity contribution in [2.45, 2.75) is 52.4 Å². The summed E-state index contributed by atoms with van der Waals surface area (Å²) in [4.78, 5) is 39.3. The Morgan fingerprint density at radius 1 is 0.725 bits per heavy atom. The van der Waals surface area contributed by atoms with Gasteiger partial charge in [0, 0.05) is 33.3 Å². The lowest BCUT2D eigenvalue weighted by molar-refractivity contribution is 0.103. The fourth-order valence-electron chi connectivity index (χ4n) is 6.12. The zero-order chi connectivity index (χ0) is 27.7. The second kappa shape index (κ2) is 9.49. The van der Waals surface area contributed by atoms with E-state index in [1.54, 1.807) is 24.3 Å². The summed E-state index contributed by atoms with van der Waals surface area (Å²) in [5, 5.41) is 1.72. The predicted octanol–water partition coefficient (Wildman–Crippen LogP) is 6.78. The third kappa shape index (κ3) is 4.12. The predicted molar refractivity (Wildman–Crippen MR) is 164 cm³/mol. The first-order valence-electron chi connectivity index (χ1n) is 13.9. The molecule has 4 N–H and O–H groups in total. The molecule has 0 spiro atoms. The summed E-state index contributed by atoms with van der Waals surface area (Å²) < 4.78 is 0. The highest BCUT2D eigenvalue weighted by atomic mass is 32.1. The van der Waals surface area contributed by atoms with Crippen molar-refractivity contribution in [3.8, 4) is 0 Å². The fourth-order valence-corrected chi connectivity index (χ4v) is 8.23. The van der Waals surface area contributed by atoms with Gasteiger partial charge < -0.3 is 11.5 Å². The van der Waals surface area contributed by atoms with E-state index in [2.05, 4.69) is 26.0 Å². The highest BCUT2D eigenvalue weighted by Gasteiger charge is 2.25. The number of fused-ring (bicyclic) bond motifs is 4. The lowest BCUT2D eigenvalue weighted by atomic mass is 9.87. The van der Waals surface area contributed by atoms with Gasteiger partial charge in [0.05, 0.1) is 11.4 Å². The largest absolute Gasteiger partial charge is 0.397 e. The van der Waals surface area contributed by atoms with Crippen LogP contribution in [-0.2, 0) is 25.7 Å². The van der Waals surface area contributed by atoms with E-state index >= 15 is 0 Å². The molecule has 0 aliphatic heterocycles. The number of pyridine rings is 2. The Kier molecular flexibility index (Phi) is 6.02. The van der Waals surface area contributed by atoms with Crippen LogP contribution in [0.25, 0.3) is 20.4 Å². The van der Waals surface area contributed by atoms with E-state index in [0.717, 1.165) is 70.3 Å². The number of thiophene rings is 2. The molecule has 40 heavy (non-hydrogen) atoms. The number of aryl methyl sites for hydroxylation is 2. The van der Waals surface area contributed by atoms with Crippen LogP contribution in [0, 0.1) is 11.8 Å². The minimum atomic E-state index is -0.156. The molecular weight excluding hydrogens is 537 g/mol. The molecule has 2 atom stereocenters. The minimum Gasteiger partial charge on any atom is -0.397 e. The summed E-state index contributed by atoms with van der Waals surface area (Å²) in [5.41, 5.74) is 19.6. The second-order valence-corrected chi connectivity index (χ2v) is 13.5. The molecular formula is C32H30N4O2S2. The lowest BCUT2D eigenvalue weighted by Crippen LogP contribution is -2.12. The van der Waals surface area contributed by atoms with Crippen LogP contribution in [0.15, 0.2) is 36.4 Å². The topological polar surface area (TPSA) is 112 Å². The van der Waals surface area contributed by atoms with E-state index in [0.29, 0.717) is 44.1 Å². The van der Waals surface area contributed by atoms with E-state index in [-0.39, 0.29) is 11.6 Å². The number of rotatable bonds is 4. The highest BCUT2D eigenvalue weighted by Crippen LogP contribution is 2.39. The molecule has 8 heteroatoms. The van der Waals surface area contributed by atoms with Crippen molar-refractivity contribution in [3.63, 3.8) is 0 Å². The van der Waals surface area contributed by atoms with Crippen LogP contribution in [0.2, 0.25) is 0 Å². The third-order valence-electron chi connectivity index (χ3n) is 8.49. The first-order valence-corrected chi connectivity index (χ1v) is 15.5. The monoisotopic (exact) mass is 566 g/mol. The number of carbonyl (C=O) groups excluding carboxylic acids is 2. The molecule has 1 aromatic carbocycles. The molecule has 6 nitrogen and oxygen atoms in total. The Balaban J connectivity index is 1.17. The number of nitrogen functional groups attached to an aromatic ring is 2. The molecule has 0 bridgehead atoms. The van der Waals surface area contributed by atoms with E-state index in [1.165, 1.54) is 33.8 Å². The van der Waals surface area contributed by atoms with Crippen molar-refractivity contribution in [2.75, 3.05) is 11.5 Å². The minimum absolute atomic E-state index is 0.156. The Hall–Kier alpha value is -3.62. The maximum absolute atomic E-state index is 13.5. The zero-order valence-corrected chi connectivity index (χ0v) is 24.2. The van der Waals surface area contributed by atoms with Gasteiger partial charge in [0.1, 0.15) is 19.4 Å². The Labute approximate surface area is 240 Å². The number of hydrogen-bond acceptors (Lipinski definition) is 8. The average Bonchev–Trinajstić information content (AvgIpc) is 3.45. The number of ketones is 2. The van der Waals surface area contributed by atoms with Crippen molar-refractivity contribution < 1.29 is 9.59 Å².